The van der Waals surface area contributed by atoms with Gasteiger partial charge in [0.2, 0.25) is 5.91 Å². The van der Waals surface area contributed by atoms with E-state index >= 15 is 0 Å². The van der Waals surface area contributed by atoms with E-state index in [4.69, 9.17) is 0 Å². The van der Waals surface area contributed by atoms with Crippen molar-refractivity contribution in [3.8, 4) is 0 Å². The molecule has 2 aliphatic rings. The first kappa shape index (κ1) is 16.8. The van der Waals surface area contributed by atoms with Crippen LogP contribution >= 0.6 is 12.4 Å². The van der Waals surface area contributed by atoms with Crippen LogP contribution in [0.15, 0.2) is 0 Å². The Balaban J connectivity index is 0.00000180. The number of rotatable bonds is 3. The Kier molecular flexibility index (Phi) is 7.16. The van der Waals surface area contributed by atoms with E-state index in [-0.39, 0.29) is 18.3 Å². The molecule has 3 nitrogen and oxygen atoms in total. The number of nitrogens with one attached hydrogen (secondary N) is 1. The zero-order valence-corrected chi connectivity index (χ0v) is 13.2. The second-order valence-corrected chi connectivity index (χ2v) is 6.05. The predicted octanol–water partition coefficient (Wildman–Crippen LogP) is 2.84. The van der Waals surface area contributed by atoms with Gasteiger partial charge in [-0.25, -0.2) is 0 Å². The van der Waals surface area contributed by atoms with Gasteiger partial charge in [0, 0.05) is 19.1 Å². The third-order valence-electron chi connectivity index (χ3n) is 4.63. The van der Waals surface area contributed by atoms with E-state index in [0.717, 1.165) is 32.5 Å². The molecule has 2 heterocycles. The summed E-state index contributed by atoms with van der Waals surface area (Å²) in [6, 6.07) is 0.498. The van der Waals surface area contributed by atoms with Crippen LogP contribution in [-0.4, -0.2) is 36.5 Å². The summed E-state index contributed by atoms with van der Waals surface area (Å²) in [5.74, 6) is 1.34. The van der Waals surface area contributed by atoms with E-state index in [1.165, 1.54) is 25.7 Å². The monoisotopic (exact) mass is 288 g/mol. The van der Waals surface area contributed by atoms with Crippen molar-refractivity contribution in [2.45, 2.75) is 58.4 Å². The van der Waals surface area contributed by atoms with E-state index in [9.17, 15) is 4.79 Å². The third kappa shape index (κ3) is 4.09. The maximum atomic E-state index is 12.7. The number of halogens is 1. The molecule has 2 saturated heterocycles. The van der Waals surface area contributed by atoms with Gasteiger partial charge in [-0.2, -0.15) is 0 Å². The molecule has 1 N–H and O–H groups in total. The summed E-state index contributed by atoms with van der Waals surface area (Å²) in [6.07, 6.45) is 7.06. The standard InChI is InChI=1S/C15H28N2O.ClH/c1-3-6-14-12(2)7-5-10-17(14)15(18)13-8-4-9-16-11-13;/h12-14,16H,3-11H2,1-2H3;1H. The second kappa shape index (κ2) is 8.11. The fourth-order valence-electron chi connectivity index (χ4n) is 3.56. The first-order chi connectivity index (χ1) is 8.74. The van der Waals surface area contributed by atoms with E-state index < -0.39 is 0 Å². The molecule has 1 amide bonds. The van der Waals surface area contributed by atoms with Crippen molar-refractivity contribution in [3.05, 3.63) is 0 Å². The average molecular weight is 289 g/mol. The Bertz CT molecular complexity index is 279. The Hall–Kier alpha value is -0.280. The summed E-state index contributed by atoms with van der Waals surface area (Å²) >= 11 is 0. The Labute approximate surface area is 123 Å². The van der Waals surface area contributed by atoms with Gasteiger partial charge in [0.1, 0.15) is 0 Å². The second-order valence-electron chi connectivity index (χ2n) is 6.05. The van der Waals surface area contributed by atoms with Crippen LogP contribution in [0.25, 0.3) is 0 Å². The van der Waals surface area contributed by atoms with Gasteiger partial charge in [-0.05, 0) is 44.6 Å². The molecule has 19 heavy (non-hydrogen) atoms. The number of amides is 1. The smallest absolute Gasteiger partial charge is 0.227 e. The van der Waals surface area contributed by atoms with E-state index in [2.05, 4.69) is 24.1 Å². The van der Waals surface area contributed by atoms with Gasteiger partial charge >= 0.3 is 0 Å². The number of piperidine rings is 2. The molecule has 0 radical (unpaired) electrons. The number of carbonyl (C=O) groups is 1. The van der Waals surface area contributed by atoms with Gasteiger partial charge in [0.15, 0.2) is 0 Å². The molecule has 112 valence electrons. The highest BCUT2D eigenvalue weighted by Crippen LogP contribution is 2.28. The molecule has 0 saturated carbocycles. The van der Waals surface area contributed by atoms with Crippen LogP contribution in [0, 0.1) is 11.8 Å². The van der Waals surface area contributed by atoms with Crippen molar-refractivity contribution in [1.29, 1.82) is 0 Å². The van der Waals surface area contributed by atoms with Crippen molar-refractivity contribution in [2.24, 2.45) is 11.8 Å². The summed E-state index contributed by atoms with van der Waals surface area (Å²) in [5.41, 5.74) is 0. The minimum Gasteiger partial charge on any atom is -0.339 e. The van der Waals surface area contributed by atoms with Gasteiger partial charge < -0.3 is 10.2 Å². The summed E-state index contributed by atoms with van der Waals surface area (Å²) in [7, 11) is 0. The normalized spacial score (nSPS) is 31.7. The van der Waals surface area contributed by atoms with E-state index in [1.54, 1.807) is 0 Å². The quantitative estimate of drug-likeness (QED) is 0.866. The highest BCUT2D eigenvalue weighted by Gasteiger charge is 2.34. The van der Waals surface area contributed by atoms with Gasteiger partial charge in [-0.15, -0.1) is 12.4 Å². The zero-order valence-electron chi connectivity index (χ0n) is 12.4. The van der Waals surface area contributed by atoms with Crippen molar-refractivity contribution >= 4 is 18.3 Å². The van der Waals surface area contributed by atoms with Gasteiger partial charge in [-0.3, -0.25) is 4.79 Å². The van der Waals surface area contributed by atoms with Gasteiger partial charge in [0.25, 0.3) is 0 Å². The molecule has 0 aromatic carbocycles. The summed E-state index contributed by atoms with van der Waals surface area (Å²) in [5, 5.41) is 3.37. The Morgan fingerprint density at radius 1 is 1.32 bits per heavy atom. The highest BCUT2D eigenvalue weighted by atomic mass is 35.5. The lowest BCUT2D eigenvalue weighted by molar-refractivity contribution is -0.141. The van der Waals surface area contributed by atoms with Crippen LogP contribution in [0.5, 0.6) is 0 Å². The van der Waals surface area contributed by atoms with Crippen molar-refractivity contribution in [2.75, 3.05) is 19.6 Å². The molecule has 3 unspecified atom stereocenters. The van der Waals surface area contributed by atoms with Crippen molar-refractivity contribution in [3.63, 3.8) is 0 Å². The molecule has 2 aliphatic heterocycles. The maximum Gasteiger partial charge on any atom is 0.227 e. The Morgan fingerprint density at radius 2 is 2.11 bits per heavy atom. The van der Waals surface area contributed by atoms with Crippen molar-refractivity contribution < 1.29 is 4.79 Å². The third-order valence-corrected chi connectivity index (χ3v) is 4.63. The Morgan fingerprint density at radius 3 is 2.74 bits per heavy atom. The molecule has 0 aliphatic carbocycles. The average Bonchev–Trinajstić information content (AvgIpc) is 2.41. The molecule has 4 heteroatoms. The van der Waals surface area contributed by atoms with E-state index in [1.807, 2.05) is 0 Å². The lowest BCUT2D eigenvalue weighted by Crippen LogP contribution is -2.52. The first-order valence-corrected chi connectivity index (χ1v) is 7.75. The van der Waals surface area contributed by atoms with Crippen LogP contribution < -0.4 is 5.32 Å². The first-order valence-electron chi connectivity index (χ1n) is 7.75. The fourth-order valence-corrected chi connectivity index (χ4v) is 3.56. The number of hydrogen-bond acceptors (Lipinski definition) is 2. The molecule has 0 bridgehead atoms. The van der Waals surface area contributed by atoms with Crippen LogP contribution in [0.1, 0.15) is 52.4 Å². The molecule has 2 rings (SSSR count). The molecule has 0 aromatic heterocycles. The lowest BCUT2D eigenvalue weighted by atomic mass is 9.86. The minimum absolute atomic E-state index is 0. The molecular weight excluding hydrogens is 260 g/mol. The molecule has 0 aromatic rings. The van der Waals surface area contributed by atoms with E-state index in [0.29, 0.717) is 17.9 Å². The van der Waals surface area contributed by atoms with Crippen molar-refractivity contribution in [1.82, 2.24) is 10.2 Å². The molecule has 0 spiro atoms. The number of carbonyl (C=O) groups excluding carboxylic acids is 1. The SMILES string of the molecule is CCCC1C(C)CCCN1C(=O)C1CCCNC1.Cl. The van der Waals surface area contributed by atoms with Crippen LogP contribution in [0.3, 0.4) is 0 Å². The van der Waals surface area contributed by atoms with Crippen LogP contribution in [0.4, 0.5) is 0 Å². The maximum absolute atomic E-state index is 12.7. The van der Waals surface area contributed by atoms with Gasteiger partial charge in [-0.1, -0.05) is 20.3 Å². The molecule has 2 fully saturated rings. The zero-order chi connectivity index (χ0) is 13.0. The van der Waals surface area contributed by atoms with Crippen LogP contribution in [-0.2, 0) is 4.79 Å². The minimum atomic E-state index is 0. The van der Waals surface area contributed by atoms with Crippen LogP contribution in [0.2, 0.25) is 0 Å². The number of likely N-dealkylation sites (tertiary alicyclic amines) is 1. The fraction of sp³-hybridized carbons (Fsp3) is 0.933. The summed E-state index contributed by atoms with van der Waals surface area (Å²) in [4.78, 5) is 14.9. The number of nitrogens with zero attached hydrogens (tertiary/aromatic N) is 1. The highest BCUT2D eigenvalue weighted by molar-refractivity contribution is 5.85. The molecular formula is C15H29ClN2O. The summed E-state index contributed by atoms with van der Waals surface area (Å²) < 4.78 is 0. The lowest BCUT2D eigenvalue weighted by Gasteiger charge is -2.42. The predicted molar refractivity (Wildman–Crippen MR) is 81.6 cm³/mol. The van der Waals surface area contributed by atoms with Gasteiger partial charge in [0.05, 0.1) is 5.92 Å². The topological polar surface area (TPSA) is 32.3 Å². The molecule has 3 atom stereocenters. The summed E-state index contributed by atoms with van der Waals surface area (Å²) in [6.45, 7) is 7.51. The largest absolute Gasteiger partial charge is 0.339 e. The number of hydrogen-bond donors (Lipinski definition) is 1.